The molecule has 4 heteroatoms. The molecule has 0 bridgehead atoms. The van der Waals surface area contributed by atoms with E-state index in [0.29, 0.717) is 0 Å². The van der Waals surface area contributed by atoms with Gasteiger partial charge in [-0.05, 0) is 71.5 Å². The first-order valence-corrected chi connectivity index (χ1v) is 10.0. The van der Waals surface area contributed by atoms with Crippen molar-refractivity contribution in [2.75, 3.05) is 0 Å². The van der Waals surface area contributed by atoms with Crippen LogP contribution in [0.1, 0.15) is 61.1 Å². The smallest absolute Gasteiger partial charge is 0.157 e. The molecular weight excluding hydrogens is 376 g/mol. The molecule has 0 spiro atoms. The molecule has 30 heavy (non-hydrogen) atoms. The van der Waals surface area contributed by atoms with Crippen LogP contribution in [0.25, 0.3) is 0 Å². The standard InChI is InChI=1S/C26H30O4/c1-15-11-21(27)23(29)13-19(15)25(3,4)17-7-9-18(10-8-17)26(5,6)20-14-24(30)22(28)12-16(20)2/h7-14,27-30H,1-6H3. The fourth-order valence-corrected chi connectivity index (χ4v) is 4.32. The van der Waals surface area contributed by atoms with Gasteiger partial charge in [-0.15, -0.1) is 0 Å². The Morgan fingerprint density at radius 2 is 0.767 bits per heavy atom. The first kappa shape index (κ1) is 21.6. The lowest BCUT2D eigenvalue weighted by molar-refractivity contribution is 0.401. The lowest BCUT2D eigenvalue weighted by atomic mass is 9.73. The zero-order chi connectivity index (χ0) is 22.4. The van der Waals surface area contributed by atoms with E-state index in [1.54, 1.807) is 24.3 Å². The van der Waals surface area contributed by atoms with E-state index in [-0.39, 0.29) is 33.8 Å². The van der Waals surface area contributed by atoms with Gasteiger partial charge in [-0.2, -0.15) is 0 Å². The summed E-state index contributed by atoms with van der Waals surface area (Å²) >= 11 is 0. The van der Waals surface area contributed by atoms with Crippen LogP contribution >= 0.6 is 0 Å². The Labute approximate surface area is 178 Å². The molecule has 3 aromatic rings. The molecule has 0 saturated heterocycles. The van der Waals surface area contributed by atoms with Crippen LogP contribution in [0.4, 0.5) is 0 Å². The predicted octanol–water partition coefficient (Wildman–Crippen LogP) is 5.78. The summed E-state index contributed by atoms with van der Waals surface area (Å²) in [4.78, 5) is 0. The Morgan fingerprint density at radius 3 is 1.07 bits per heavy atom. The highest BCUT2D eigenvalue weighted by Crippen LogP contribution is 2.41. The third kappa shape index (κ3) is 3.58. The normalized spacial score (nSPS) is 12.2. The summed E-state index contributed by atoms with van der Waals surface area (Å²) in [5.74, 6) is -0.471. The van der Waals surface area contributed by atoms with Crippen molar-refractivity contribution in [3.8, 4) is 23.0 Å². The third-order valence-electron chi connectivity index (χ3n) is 6.32. The maximum Gasteiger partial charge on any atom is 0.157 e. The van der Waals surface area contributed by atoms with E-state index in [4.69, 9.17) is 0 Å². The lowest BCUT2D eigenvalue weighted by Crippen LogP contribution is -2.23. The maximum absolute atomic E-state index is 9.99. The van der Waals surface area contributed by atoms with Crippen LogP contribution in [0.2, 0.25) is 0 Å². The van der Waals surface area contributed by atoms with Gasteiger partial charge in [0.25, 0.3) is 0 Å². The summed E-state index contributed by atoms with van der Waals surface area (Å²) in [5.41, 5.74) is 5.15. The van der Waals surface area contributed by atoms with E-state index in [1.165, 1.54) is 0 Å². The average molecular weight is 407 g/mol. The average Bonchev–Trinajstić information content (AvgIpc) is 2.67. The SMILES string of the molecule is Cc1cc(O)c(O)cc1C(C)(C)c1ccc(C(C)(C)c2cc(O)c(O)cc2C)cc1. The number of aromatic hydroxyl groups is 4. The molecule has 0 amide bonds. The maximum atomic E-state index is 9.99. The van der Waals surface area contributed by atoms with Crippen molar-refractivity contribution in [1.82, 2.24) is 0 Å². The number of phenols is 4. The number of hydrogen-bond acceptors (Lipinski definition) is 4. The van der Waals surface area contributed by atoms with Crippen molar-refractivity contribution in [1.29, 1.82) is 0 Å². The Morgan fingerprint density at radius 1 is 0.500 bits per heavy atom. The van der Waals surface area contributed by atoms with E-state index >= 15 is 0 Å². The predicted molar refractivity (Wildman–Crippen MR) is 120 cm³/mol. The lowest BCUT2D eigenvalue weighted by Gasteiger charge is -2.31. The molecular formula is C26H30O4. The Bertz CT molecular complexity index is 1000. The first-order valence-electron chi connectivity index (χ1n) is 10.0. The van der Waals surface area contributed by atoms with Gasteiger partial charge in [0.05, 0.1) is 0 Å². The third-order valence-corrected chi connectivity index (χ3v) is 6.32. The molecule has 3 rings (SSSR count). The van der Waals surface area contributed by atoms with Crippen LogP contribution in [0.5, 0.6) is 23.0 Å². The second-order valence-corrected chi connectivity index (χ2v) is 9.14. The Kier molecular flexibility index (Phi) is 5.23. The van der Waals surface area contributed by atoms with Crippen LogP contribution in [0.15, 0.2) is 48.5 Å². The highest BCUT2D eigenvalue weighted by molar-refractivity contribution is 5.53. The number of benzene rings is 3. The van der Waals surface area contributed by atoms with E-state index in [1.807, 2.05) is 13.8 Å². The van der Waals surface area contributed by atoms with Crippen molar-refractivity contribution in [2.24, 2.45) is 0 Å². The van der Waals surface area contributed by atoms with E-state index in [9.17, 15) is 20.4 Å². The van der Waals surface area contributed by atoms with Crippen molar-refractivity contribution < 1.29 is 20.4 Å². The molecule has 4 nitrogen and oxygen atoms in total. The molecule has 0 aliphatic rings. The van der Waals surface area contributed by atoms with Crippen molar-refractivity contribution in [3.63, 3.8) is 0 Å². The topological polar surface area (TPSA) is 80.9 Å². The monoisotopic (exact) mass is 406 g/mol. The summed E-state index contributed by atoms with van der Waals surface area (Å²) < 4.78 is 0. The van der Waals surface area contributed by atoms with Crippen molar-refractivity contribution in [2.45, 2.75) is 52.4 Å². The zero-order valence-electron chi connectivity index (χ0n) is 18.4. The van der Waals surface area contributed by atoms with Gasteiger partial charge >= 0.3 is 0 Å². The molecule has 0 saturated carbocycles. The van der Waals surface area contributed by atoms with Gasteiger partial charge in [0.15, 0.2) is 23.0 Å². The second-order valence-electron chi connectivity index (χ2n) is 9.14. The van der Waals surface area contributed by atoms with Crippen LogP contribution in [-0.2, 0) is 10.8 Å². The minimum atomic E-state index is -0.370. The van der Waals surface area contributed by atoms with E-state index in [2.05, 4.69) is 52.0 Å². The summed E-state index contributed by atoms with van der Waals surface area (Å²) in [6.07, 6.45) is 0. The van der Waals surface area contributed by atoms with Gasteiger partial charge in [-0.25, -0.2) is 0 Å². The molecule has 0 heterocycles. The quantitative estimate of drug-likeness (QED) is 0.414. The molecule has 0 unspecified atom stereocenters. The zero-order valence-corrected chi connectivity index (χ0v) is 18.4. The fraction of sp³-hybridized carbons (Fsp3) is 0.308. The van der Waals surface area contributed by atoms with Crippen molar-refractivity contribution in [3.05, 3.63) is 81.9 Å². The van der Waals surface area contributed by atoms with Crippen LogP contribution < -0.4 is 0 Å². The van der Waals surface area contributed by atoms with Gasteiger partial charge in [0, 0.05) is 10.8 Å². The molecule has 3 aromatic carbocycles. The minimum absolute atomic E-state index is 0.114. The molecule has 0 radical (unpaired) electrons. The highest BCUT2D eigenvalue weighted by atomic mass is 16.3. The summed E-state index contributed by atoms with van der Waals surface area (Å²) in [6.45, 7) is 12.2. The first-order chi connectivity index (χ1) is 13.9. The van der Waals surface area contributed by atoms with Gasteiger partial charge in [0.1, 0.15) is 0 Å². The Hall–Kier alpha value is -3.14. The summed E-state index contributed by atoms with van der Waals surface area (Å²) in [5, 5.41) is 39.5. The van der Waals surface area contributed by atoms with Crippen LogP contribution in [-0.4, -0.2) is 20.4 Å². The van der Waals surface area contributed by atoms with Crippen molar-refractivity contribution >= 4 is 0 Å². The molecule has 0 aliphatic carbocycles. The van der Waals surface area contributed by atoms with Gasteiger partial charge < -0.3 is 20.4 Å². The molecule has 4 N–H and O–H groups in total. The number of hydrogen-bond donors (Lipinski definition) is 4. The van der Waals surface area contributed by atoms with Gasteiger partial charge in [-0.1, -0.05) is 52.0 Å². The summed E-state index contributed by atoms with van der Waals surface area (Å²) in [7, 11) is 0. The molecule has 0 aliphatic heterocycles. The van der Waals surface area contributed by atoms with Gasteiger partial charge in [-0.3, -0.25) is 0 Å². The second kappa shape index (κ2) is 7.28. The number of aryl methyl sites for hydroxylation is 2. The highest BCUT2D eigenvalue weighted by Gasteiger charge is 2.29. The van der Waals surface area contributed by atoms with Crippen LogP contribution in [0, 0.1) is 13.8 Å². The molecule has 0 fully saturated rings. The number of rotatable bonds is 4. The van der Waals surface area contributed by atoms with E-state index in [0.717, 1.165) is 33.4 Å². The summed E-state index contributed by atoms with van der Waals surface area (Å²) in [6, 6.07) is 14.8. The van der Waals surface area contributed by atoms with Crippen LogP contribution in [0.3, 0.4) is 0 Å². The largest absolute Gasteiger partial charge is 0.504 e. The minimum Gasteiger partial charge on any atom is -0.504 e. The number of phenolic OH excluding ortho intramolecular Hbond substituents is 4. The van der Waals surface area contributed by atoms with Gasteiger partial charge in [0.2, 0.25) is 0 Å². The van der Waals surface area contributed by atoms with E-state index < -0.39 is 0 Å². The molecule has 0 aromatic heterocycles. The molecule has 0 atom stereocenters. The molecule has 158 valence electrons. The Balaban J connectivity index is 2.02. The fourth-order valence-electron chi connectivity index (χ4n) is 4.32.